The van der Waals surface area contributed by atoms with Crippen LogP contribution >= 0.6 is 0 Å². The van der Waals surface area contributed by atoms with Gasteiger partial charge in [-0.3, -0.25) is 4.79 Å². The number of unbranched alkanes of at least 4 members (excludes halogenated alkanes) is 3. The van der Waals surface area contributed by atoms with Crippen LogP contribution in [-0.2, 0) is 5.11 Å². The van der Waals surface area contributed by atoms with Gasteiger partial charge in [0.05, 0.1) is 6.61 Å². The van der Waals surface area contributed by atoms with Gasteiger partial charge in [-0.15, -0.1) is 0 Å². The fourth-order valence-electron chi connectivity index (χ4n) is 1.51. The van der Waals surface area contributed by atoms with E-state index in [1.54, 1.807) is 0 Å². The van der Waals surface area contributed by atoms with Gasteiger partial charge in [0.1, 0.15) is 0 Å². The van der Waals surface area contributed by atoms with E-state index >= 15 is 0 Å². The van der Waals surface area contributed by atoms with Gasteiger partial charge in [0.25, 0.3) is 0 Å². The molecule has 0 N–H and O–H groups in total. The molecule has 1 rings (SSSR count). The van der Waals surface area contributed by atoms with E-state index in [4.69, 9.17) is 0 Å². The number of carbonyl (C=O) groups excluding carboxylic acids is 1. The fourth-order valence-corrected chi connectivity index (χ4v) is 1.51. The van der Waals surface area contributed by atoms with E-state index in [1.807, 2.05) is 30.3 Å². The molecule has 0 aliphatic carbocycles. The van der Waals surface area contributed by atoms with Gasteiger partial charge in [0.2, 0.25) is 0 Å². The molecule has 2 heteroatoms. The second kappa shape index (κ2) is 7.18. The molecule has 0 heterocycles. The number of hydrogen-bond donors (Lipinski definition) is 0. The predicted molar refractivity (Wildman–Crippen MR) is 59.4 cm³/mol. The second-order valence-corrected chi connectivity index (χ2v) is 3.66. The molecule has 2 nitrogen and oxygen atoms in total. The largest absolute Gasteiger partial charge is 0.294 e. The van der Waals surface area contributed by atoms with E-state index in [0.717, 1.165) is 31.2 Å². The van der Waals surface area contributed by atoms with Gasteiger partial charge in [-0.1, -0.05) is 43.2 Å². The molecular weight excluding hydrogens is 188 g/mol. The summed E-state index contributed by atoms with van der Waals surface area (Å²) in [6.45, 7) is 0.00658. The molecule has 0 aliphatic heterocycles. The molecule has 0 atom stereocenters. The topological polar surface area (TPSA) is 37.0 Å². The standard InChI is InChI=1S/C13H17O2/c14-11-7-2-1-6-10-13(15)12-8-4-3-5-9-12/h3-5,8-9H,1-2,6-7,10-11H2. The quantitative estimate of drug-likeness (QED) is 0.497. The summed E-state index contributed by atoms with van der Waals surface area (Å²) >= 11 is 0. The van der Waals surface area contributed by atoms with Gasteiger partial charge >= 0.3 is 0 Å². The van der Waals surface area contributed by atoms with Crippen molar-refractivity contribution in [2.24, 2.45) is 0 Å². The Balaban J connectivity index is 2.20. The van der Waals surface area contributed by atoms with Crippen LogP contribution in [0, 0.1) is 0 Å². The highest BCUT2D eigenvalue weighted by atomic mass is 16.2. The second-order valence-electron chi connectivity index (χ2n) is 3.66. The number of hydrogen-bond acceptors (Lipinski definition) is 1. The number of rotatable bonds is 7. The molecule has 81 valence electrons. The SMILES string of the molecule is [O]CCCCCCC(=O)c1ccccc1. The van der Waals surface area contributed by atoms with Crippen LogP contribution in [0.3, 0.4) is 0 Å². The lowest BCUT2D eigenvalue weighted by Gasteiger charge is -2.00. The molecule has 0 unspecified atom stereocenters. The average Bonchev–Trinajstić information content (AvgIpc) is 2.30. The lowest BCUT2D eigenvalue weighted by molar-refractivity contribution is 0.0979. The van der Waals surface area contributed by atoms with Crippen LogP contribution < -0.4 is 0 Å². The van der Waals surface area contributed by atoms with E-state index in [-0.39, 0.29) is 12.4 Å². The van der Waals surface area contributed by atoms with Crippen molar-refractivity contribution in [2.45, 2.75) is 32.1 Å². The highest BCUT2D eigenvalue weighted by Crippen LogP contribution is 2.08. The van der Waals surface area contributed by atoms with E-state index in [1.165, 1.54) is 0 Å². The third-order valence-corrected chi connectivity index (χ3v) is 2.39. The molecule has 0 saturated heterocycles. The highest BCUT2D eigenvalue weighted by molar-refractivity contribution is 5.95. The molecule has 0 spiro atoms. The Hall–Kier alpha value is -1.15. The average molecular weight is 205 g/mol. The lowest BCUT2D eigenvalue weighted by atomic mass is 10.0. The molecule has 0 fully saturated rings. The van der Waals surface area contributed by atoms with Crippen LogP contribution in [0.4, 0.5) is 0 Å². The monoisotopic (exact) mass is 205 g/mol. The summed E-state index contributed by atoms with van der Waals surface area (Å²) in [5.74, 6) is 0.206. The van der Waals surface area contributed by atoms with Gasteiger partial charge < -0.3 is 0 Å². The predicted octanol–water partition coefficient (Wildman–Crippen LogP) is 3.25. The van der Waals surface area contributed by atoms with Crippen LogP contribution in [0.25, 0.3) is 0 Å². The minimum atomic E-state index is 0.00658. The third kappa shape index (κ3) is 4.75. The normalized spacial score (nSPS) is 10.2. The molecular formula is C13H17O2. The van der Waals surface area contributed by atoms with E-state index in [2.05, 4.69) is 0 Å². The van der Waals surface area contributed by atoms with Crippen molar-refractivity contribution in [1.29, 1.82) is 0 Å². The Kier molecular flexibility index (Phi) is 5.71. The number of Topliss-reactive ketones (excluding diaryl/α,β-unsaturated/α-hetero) is 1. The summed E-state index contributed by atoms with van der Waals surface area (Å²) in [6, 6.07) is 9.36. The van der Waals surface area contributed by atoms with Gasteiger partial charge in [0.15, 0.2) is 5.78 Å². The zero-order valence-corrected chi connectivity index (χ0v) is 8.95. The summed E-state index contributed by atoms with van der Waals surface area (Å²) in [7, 11) is 0. The van der Waals surface area contributed by atoms with Gasteiger partial charge in [0, 0.05) is 12.0 Å². The lowest BCUT2D eigenvalue weighted by Crippen LogP contribution is -1.98. The molecule has 0 aromatic heterocycles. The van der Waals surface area contributed by atoms with Crippen molar-refractivity contribution in [3.63, 3.8) is 0 Å². The smallest absolute Gasteiger partial charge is 0.162 e. The van der Waals surface area contributed by atoms with E-state index in [9.17, 15) is 9.90 Å². The van der Waals surface area contributed by atoms with Crippen molar-refractivity contribution < 1.29 is 9.90 Å². The molecule has 0 aliphatic rings. The Morgan fingerprint density at radius 1 is 0.933 bits per heavy atom. The van der Waals surface area contributed by atoms with Crippen molar-refractivity contribution >= 4 is 5.78 Å². The Labute approximate surface area is 90.9 Å². The van der Waals surface area contributed by atoms with Crippen LogP contribution in [0.1, 0.15) is 42.5 Å². The van der Waals surface area contributed by atoms with Crippen molar-refractivity contribution in [1.82, 2.24) is 0 Å². The molecule has 1 radical (unpaired) electrons. The van der Waals surface area contributed by atoms with Crippen LogP contribution in [0.2, 0.25) is 0 Å². The molecule has 0 saturated carbocycles. The zero-order chi connectivity index (χ0) is 10.9. The Morgan fingerprint density at radius 3 is 2.27 bits per heavy atom. The van der Waals surface area contributed by atoms with Crippen molar-refractivity contribution in [2.75, 3.05) is 6.61 Å². The molecule has 1 aromatic carbocycles. The first-order valence-corrected chi connectivity index (χ1v) is 5.51. The first kappa shape index (κ1) is 11.9. The summed E-state index contributed by atoms with van der Waals surface area (Å²) in [5, 5.41) is 10.2. The van der Waals surface area contributed by atoms with Gasteiger partial charge in [-0.25, -0.2) is 5.11 Å². The van der Waals surface area contributed by atoms with Crippen molar-refractivity contribution in [3.8, 4) is 0 Å². The Morgan fingerprint density at radius 2 is 1.60 bits per heavy atom. The summed E-state index contributed by atoms with van der Waals surface area (Å²) < 4.78 is 0. The minimum absolute atomic E-state index is 0.00658. The highest BCUT2D eigenvalue weighted by Gasteiger charge is 2.03. The molecule has 0 amide bonds. The summed E-state index contributed by atoms with van der Waals surface area (Å²) in [4.78, 5) is 11.6. The first-order chi connectivity index (χ1) is 7.34. The number of benzene rings is 1. The van der Waals surface area contributed by atoms with E-state index in [0.29, 0.717) is 6.42 Å². The molecule has 0 bridgehead atoms. The maximum Gasteiger partial charge on any atom is 0.162 e. The summed E-state index contributed by atoms with van der Waals surface area (Å²) in [6.07, 6.45) is 4.17. The summed E-state index contributed by atoms with van der Waals surface area (Å²) in [5.41, 5.74) is 0.793. The zero-order valence-electron chi connectivity index (χ0n) is 8.95. The first-order valence-electron chi connectivity index (χ1n) is 5.51. The third-order valence-electron chi connectivity index (χ3n) is 2.39. The maximum atomic E-state index is 11.6. The maximum absolute atomic E-state index is 11.6. The molecule has 15 heavy (non-hydrogen) atoms. The fraction of sp³-hybridized carbons (Fsp3) is 0.462. The van der Waals surface area contributed by atoms with Gasteiger partial charge in [-0.05, 0) is 12.8 Å². The van der Waals surface area contributed by atoms with Crippen LogP contribution in [0.5, 0.6) is 0 Å². The molecule has 1 aromatic rings. The Bertz CT molecular complexity index is 280. The van der Waals surface area contributed by atoms with Crippen molar-refractivity contribution in [3.05, 3.63) is 35.9 Å². The van der Waals surface area contributed by atoms with Crippen LogP contribution in [-0.4, -0.2) is 12.4 Å². The number of ketones is 1. The van der Waals surface area contributed by atoms with Gasteiger partial charge in [-0.2, -0.15) is 0 Å². The van der Waals surface area contributed by atoms with E-state index < -0.39 is 0 Å². The minimum Gasteiger partial charge on any atom is -0.294 e. The van der Waals surface area contributed by atoms with Crippen LogP contribution in [0.15, 0.2) is 30.3 Å². The number of carbonyl (C=O) groups is 1.